The van der Waals surface area contributed by atoms with E-state index >= 15 is 0 Å². The van der Waals surface area contributed by atoms with E-state index in [4.69, 9.17) is 5.73 Å². The van der Waals surface area contributed by atoms with Gasteiger partial charge in [-0.25, -0.2) is 8.78 Å². The van der Waals surface area contributed by atoms with Crippen LogP contribution in [0.25, 0.3) is 0 Å². The van der Waals surface area contributed by atoms with Crippen LogP contribution in [-0.4, -0.2) is 11.0 Å². The Labute approximate surface area is 173 Å². The molecule has 30 heavy (non-hydrogen) atoms. The quantitative estimate of drug-likeness (QED) is 0.456. The number of amides is 1. The number of carbonyl (C=O) groups excluding carboxylic acids is 1. The molecule has 4 nitrogen and oxygen atoms in total. The normalized spacial score (nSPS) is 19.4. The monoisotopic (exact) mass is 408 g/mol. The molecule has 1 heterocycles. The molecule has 1 aliphatic heterocycles. The lowest BCUT2D eigenvalue weighted by Gasteiger charge is -2.48. The first-order valence-electron chi connectivity index (χ1n) is 9.81. The summed E-state index contributed by atoms with van der Waals surface area (Å²) in [5, 5.41) is 10.5. The van der Waals surface area contributed by atoms with Crippen LogP contribution in [0.15, 0.2) is 72.8 Å². The molecule has 0 saturated carbocycles. The Kier molecular flexibility index (Phi) is 5.50. The van der Waals surface area contributed by atoms with Gasteiger partial charge < -0.3 is 15.7 Å². The largest absolute Gasteiger partial charge is 0.399 e. The van der Waals surface area contributed by atoms with Crippen molar-refractivity contribution in [2.75, 3.05) is 10.6 Å². The smallest absolute Gasteiger partial charge is 0.233 e. The Balaban J connectivity index is 1.55. The maximum atomic E-state index is 13.3. The van der Waals surface area contributed by atoms with E-state index in [0.29, 0.717) is 29.8 Å². The molecule has 0 bridgehead atoms. The lowest BCUT2D eigenvalue weighted by atomic mass is 9.78. The van der Waals surface area contributed by atoms with E-state index in [-0.39, 0.29) is 29.5 Å². The molecule has 3 N–H and O–H groups in total. The van der Waals surface area contributed by atoms with Gasteiger partial charge in [-0.2, -0.15) is 0 Å². The fraction of sp³-hybridized carbons (Fsp3) is 0.208. The number of anilines is 2. The summed E-state index contributed by atoms with van der Waals surface area (Å²) in [4.78, 5) is 14.6. The van der Waals surface area contributed by atoms with Gasteiger partial charge in [0.25, 0.3) is 0 Å². The van der Waals surface area contributed by atoms with Gasteiger partial charge in [0.15, 0.2) is 0 Å². The van der Waals surface area contributed by atoms with Gasteiger partial charge >= 0.3 is 0 Å². The van der Waals surface area contributed by atoms with Crippen molar-refractivity contribution in [2.45, 2.75) is 25.0 Å². The van der Waals surface area contributed by atoms with Gasteiger partial charge in [0.05, 0.1) is 18.1 Å². The minimum Gasteiger partial charge on any atom is -0.399 e. The van der Waals surface area contributed by atoms with Crippen LogP contribution < -0.4 is 10.6 Å². The maximum Gasteiger partial charge on any atom is 0.233 e. The van der Waals surface area contributed by atoms with Crippen LogP contribution in [0.5, 0.6) is 0 Å². The molecular formula is C24H22F2N2O2. The fourth-order valence-corrected chi connectivity index (χ4v) is 3.98. The first-order valence-corrected chi connectivity index (χ1v) is 9.81. The van der Waals surface area contributed by atoms with E-state index in [9.17, 15) is 18.7 Å². The highest BCUT2D eigenvalue weighted by atomic mass is 19.1. The van der Waals surface area contributed by atoms with Crippen molar-refractivity contribution in [3.05, 3.63) is 95.6 Å². The summed E-state index contributed by atoms with van der Waals surface area (Å²) in [6, 6.07) is 18.6. The predicted octanol–water partition coefficient (Wildman–Crippen LogP) is 4.76. The Hall–Kier alpha value is -3.25. The number of rotatable bonds is 6. The van der Waals surface area contributed by atoms with Gasteiger partial charge in [-0.3, -0.25) is 4.79 Å². The van der Waals surface area contributed by atoms with E-state index in [1.165, 1.54) is 24.3 Å². The molecule has 0 spiro atoms. The number of nitrogens with zero attached hydrogens (tertiary/aromatic N) is 1. The maximum absolute atomic E-state index is 13.3. The molecule has 1 aliphatic rings. The predicted molar refractivity (Wildman–Crippen MR) is 112 cm³/mol. The molecule has 154 valence electrons. The first-order chi connectivity index (χ1) is 14.4. The molecule has 0 aromatic heterocycles. The zero-order chi connectivity index (χ0) is 21.3. The number of aliphatic hydroxyl groups is 1. The van der Waals surface area contributed by atoms with E-state index in [2.05, 4.69) is 0 Å². The number of carbonyl (C=O) groups is 1. The average molecular weight is 408 g/mol. The van der Waals surface area contributed by atoms with Crippen LogP contribution in [0, 0.1) is 17.6 Å². The summed E-state index contributed by atoms with van der Waals surface area (Å²) in [6.45, 7) is 0. The summed E-state index contributed by atoms with van der Waals surface area (Å²) in [7, 11) is 0. The third kappa shape index (κ3) is 3.91. The summed E-state index contributed by atoms with van der Waals surface area (Å²) in [5.74, 6) is -1.13. The van der Waals surface area contributed by atoms with Gasteiger partial charge in [0.2, 0.25) is 5.91 Å². The van der Waals surface area contributed by atoms with Crippen LogP contribution in [-0.2, 0) is 4.79 Å². The van der Waals surface area contributed by atoms with Gasteiger partial charge in [-0.05, 0) is 72.5 Å². The van der Waals surface area contributed by atoms with E-state index in [0.717, 1.165) is 5.56 Å². The summed E-state index contributed by atoms with van der Waals surface area (Å²) >= 11 is 0. The van der Waals surface area contributed by atoms with Crippen molar-refractivity contribution < 1.29 is 18.7 Å². The summed E-state index contributed by atoms with van der Waals surface area (Å²) in [5.41, 5.74) is 8.59. The van der Waals surface area contributed by atoms with Crippen LogP contribution in [0.3, 0.4) is 0 Å². The summed E-state index contributed by atoms with van der Waals surface area (Å²) in [6.07, 6.45) is 0.0415. The number of hydrogen-bond acceptors (Lipinski definition) is 3. The second-order valence-corrected chi connectivity index (χ2v) is 7.55. The van der Waals surface area contributed by atoms with Gasteiger partial charge in [-0.15, -0.1) is 0 Å². The second-order valence-electron chi connectivity index (χ2n) is 7.55. The van der Waals surface area contributed by atoms with Crippen LogP contribution in [0.1, 0.15) is 36.1 Å². The van der Waals surface area contributed by atoms with E-state index < -0.39 is 6.10 Å². The molecule has 3 atom stereocenters. The number of halogens is 2. The number of benzene rings is 3. The van der Waals surface area contributed by atoms with Crippen molar-refractivity contribution in [3.63, 3.8) is 0 Å². The van der Waals surface area contributed by atoms with E-state index in [1.54, 1.807) is 41.3 Å². The van der Waals surface area contributed by atoms with Crippen molar-refractivity contribution in [1.82, 2.24) is 0 Å². The minimum atomic E-state index is -0.787. The Morgan fingerprint density at radius 3 is 2.07 bits per heavy atom. The Bertz CT molecular complexity index is 1020. The highest BCUT2D eigenvalue weighted by Gasteiger charge is 2.48. The Morgan fingerprint density at radius 2 is 1.47 bits per heavy atom. The molecule has 4 rings (SSSR count). The second kappa shape index (κ2) is 8.24. The molecule has 6 heteroatoms. The van der Waals surface area contributed by atoms with Crippen molar-refractivity contribution >= 4 is 17.3 Å². The molecule has 3 unspecified atom stereocenters. The SMILES string of the molecule is Nc1ccc(C2C(CCC(O)c3ccc(F)cc3)C(=O)N2c2ccc(F)cc2)cc1. The van der Waals surface area contributed by atoms with Gasteiger partial charge in [0, 0.05) is 11.4 Å². The number of hydrogen-bond donors (Lipinski definition) is 2. The average Bonchev–Trinajstić information content (AvgIpc) is 2.74. The number of nitrogen functional groups attached to an aromatic ring is 1. The molecule has 0 aliphatic carbocycles. The number of nitrogens with two attached hydrogens (primary N) is 1. The van der Waals surface area contributed by atoms with Crippen molar-refractivity contribution in [1.29, 1.82) is 0 Å². The highest BCUT2D eigenvalue weighted by Crippen LogP contribution is 2.46. The molecular weight excluding hydrogens is 386 g/mol. The highest BCUT2D eigenvalue weighted by molar-refractivity contribution is 6.03. The topological polar surface area (TPSA) is 66.6 Å². The molecule has 0 radical (unpaired) electrons. The lowest BCUT2D eigenvalue weighted by Crippen LogP contribution is -2.55. The third-order valence-electron chi connectivity index (χ3n) is 5.60. The number of aliphatic hydroxyl groups excluding tert-OH is 1. The standard InChI is InChI=1S/C24H22F2N2O2/c25-17-5-1-15(2-6-17)22(29)14-13-21-23(16-3-9-19(27)10-4-16)28(24(21)30)20-11-7-18(26)8-12-20/h1-12,21-23,29H,13-14,27H2. The van der Waals surface area contributed by atoms with Crippen LogP contribution >= 0.6 is 0 Å². The van der Waals surface area contributed by atoms with Crippen LogP contribution in [0.4, 0.5) is 20.2 Å². The molecule has 1 fully saturated rings. The van der Waals surface area contributed by atoms with Crippen molar-refractivity contribution in [2.24, 2.45) is 5.92 Å². The lowest BCUT2D eigenvalue weighted by molar-refractivity contribution is -0.131. The van der Waals surface area contributed by atoms with Crippen molar-refractivity contribution in [3.8, 4) is 0 Å². The molecule has 3 aromatic rings. The zero-order valence-electron chi connectivity index (χ0n) is 16.2. The molecule has 1 amide bonds. The Morgan fingerprint density at radius 1 is 0.900 bits per heavy atom. The van der Waals surface area contributed by atoms with Gasteiger partial charge in [-0.1, -0.05) is 24.3 Å². The van der Waals surface area contributed by atoms with E-state index in [1.807, 2.05) is 12.1 Å². The fourth-order valence-electron chi connectivity index (χ4n) is 3.98. The molecule has 3 aromatic carbocycles. The molecule has 1 saturated heterocycles. The third-order valence-corrected chi connectivity index (χ3v) is 5.60. The zero-order valence-corrected chi connectivity index (χ0v) is 16.2. The van der Waals surface area contributed by atoms with Crippen LogP contribution in [0.2, 0.25) is 0 Å². The van der Waals surface area contributed by atoms with Gasteiger partial charge in [0.1, 0.15) is 11.6 Å². The first kappa shape index (κ1) is 20.0. The minimum absolute atomic E-state index is 0.0743. The summed E-state index contributed by atoms with van der Waals surface area (Å²) < 4.78 is 26.4. The number of β-lactam (4-membered cyclic amide) rings is 1.